The third-order valence-electron chi connectivity index (χ3n) is 1.78. The van der Waals surface area contributed by atoms with Crippen molar-refractivity contribution in [2.24, 2.45) is 5.92 Å². The lowest BCUT2D eigenvalue weighted by Crippen LogP contribution is -2.28. The number of nitrogens with one attached hydrogen (secondary N) is 1. The first-order valence-electron chi connectivity index (χ1n) is 4.23. The van der Waals surface area contributed by atoms with E-state index in [1.165, 1.54) is 6.20 Å². The highest BCUT2D eigenvalue weighted by Gasteiger charge is 2.07. The fourth-order valence-electron chi connectivity index (χ4n) is 1.02. The molecule has 0 bridgehead atoms. The number of rotatable bonds is 5. The van der Waals surface area contributed by atoms with Crippen LogP contribution in [0.25, 0.3) is 0 Å². The van der Waals surface area contributed by atoms with Crippen LogP contribution in [0.3, 0.4) is 0 Å². The van der Waals surface area contributed by atoms with Crippen molar-refractivity contribution < 1.29 is 9.90 Å². The summed E-state index contributed by atoms with van der Waals surface area (Å²) in [6, 6.07) is 0.362. The molecule has 0 heterocycles. The van der Waals surface area contributed by atoms with Crippen molar-refractivity contribution in [1.82, 2.24) is 5.32 Å². The van der Waals surface area contributed by atoms with Crippen LogP contribution in [-0.2, 0) is 4.79 Å². The van der Waals surface area contributed by atoms with Gasteiger partial charge in [0.1, 0.15) is 0 Å². The average Bonchev–Trinajstić information content (AvgIpc) is 1.96. The van der Waals surface area contributed by atoms with Gasteiger partial charge in [0, 0.05) is 18.3 Å². The first-order chi connectivity index (χ1) is 5.57. The van der Waals surface area contributed by atoms with Crippen LogP contribution in [0.5, 0.6) is 0 Å². The summed E-state index contributed by atoms with van der Waals surface area (Å²) in [5, 5.41) is 11.3. The van der Waals surface area contributed by atoms with Crippen molar-refractivity contribution in [2.75, 3.05) is 0 Å². The predicted octanol–water partition coefficient (Wildman–Crippen LogP) is 1.61. The highest BCUT2D eigenvalue weighted by molar-refractivity contribution is 5.79. The summed E-state index contributed by atoms with van der Waals surface area (Å²) in [6.45, 7) is 6.29. The topological polar surface area (TPSA) is 49.3 Å². The van der Waals surface area contributed by atoms with Gasteiger partial charge in [0.25, 0.3) is 0 Å². The van der Waals surface area contributed by atoms with Crippen molar-refractivity contribution in [3.8, 4) is 0 Å². The van der Waals surface area contributed by atoms with E-state index in [-0.39, 0.29) is 0 Å². The SMILES string of the molecule is CCC(N/C=C/C(=O)O)C(C)C. The van der Waals surface area contributed by atoms with Crippen LogP contribution in [0.2, 0.25) is 0 Å². The average molecular weight is 171 g/mol. The van der Waals surface area contributed by atoms with Gasteiger partial charge in [0.2, 0.25) is 0 Å². The minimum absolute atomic E-state index is 0.362. The van der Waals surface area contributed by atoms with Gasteiger partial charge in [0.15, 0.2) is 0 Å². The maximum atomic E-state index is 10.1. The Hall–Kier alpha value is -0.990. The van der Waals surface area contributed by atoms with Gasteiger partial charge in [-0.25, -0.2) is 4.79 Å². The molecule has 0 aliphatic heterocycles. The molecule has 3 heteroatoms. The Morgan fingerprint density at radius 2 is 2.17 bits per heavy atom. The summed E-state index contributed by atoms with van der Waals surface area (Å²) in [5.74, 6) is -0.394. The molecule has 0 radical (unpaired) electrons. The standard InChI is InChI=1S/C9H17NO2/c1-4-8(7(2)3)10-6-5-9(11)12/h5-8,10H,4H2,1-3H3,(H,11,12)/b6-5+. The molecule has 0 aliphatic rings. The third kappa shape index (κ3) is 4.77. The molecular weight excluding hydrogens is 154 g/mol. The maximum Gasteiger partial charge on any atom is 0.329 e. The molecule has 0 amide bonds. The minimum atomic E-state index is -0.916. The highest BCUT2D eigenvalue weighted by Crippen LogP contribution is 2.04. The summed E-state index contributed by atoms with van der Waals surface area (Å²) in [7, 11) is 0. The second kappa shape index (κ2) is 5.63. The molecule has 2 N–H and O–H groups in total. The third-order valence-corrected chi connectivity index (χ3v) is 1.78. The molecule has 0 fully saturated rings. The normalized spacial score (nSPS) is 13.7. The van der Waals surface area contributed by atoms with Crippen LogP contribution in [-0.4, -0.2) is 17.1 Å². The zero-order valence-electron chi connectivity index (χ0n) is 7.87. The van der Waals surface area contributed by atoms with Gasteiger partial charge in [0.05, 0.1) is 0 Å². The van der Waals surface area contributed by atoms with Crippen LogP contribution < -0.4 is 5.32 Å². The molecule has 0 aromatic heterocycles. The number of carbonyl (C=O) groups is 1. The van der Waals surface area contributed by atoms with Gasteiger partial charge in [-0.1, -0.05) is 20.8 Å². The molecule has 70 valence electrons. The van der Waals surface area contributed by atoms with Crippen LogP contribution in [0.1, 0.15) is 27.2 Å². The lowest BCUT2D eigenvalue weighted by atomic mass is 10.0. The molecule has 1 unspecified atom stereocenters. The first kappa shape index (κ1) is 11.0. The van der Waals surface area contributed by atoms with E-state index in [2.05, 4.69) is 26.1 Å². The maximum absolute atomic E-state index is 10.1. The van der Waals surface area contributed by atoms with Crippen LogP contribution in [0, 0.1) is 5.92 Å². The summed E-state index contributed by atoms with van der Waals surface area (Å²) < 4.78 is 0. The zero-order chi connectivity index (χ0) is 9.56. The van der Waals surface area contributed by atoms with Crippen molar-refractivity contribution >= 4 is 5.97 Å². The molecule has 3 nitrogen and oxygen atoms in total. The van der Waals surface area contributed by atoms with E-state index in [0.29, 0.717) is 12.0 Å². The van der Waals surface area contributed by atoms with Crippen molar-refractivity contribution in [1.29, 1.82) is 0 Å². The van der Waals surface area contributed by atoms with Gasteiger partial charge in [-0.2, -0.15) is 0 Å². The van der Waals surface area contributed by atoms with Crippen LogP contribution in [0.4, 0.5) is 0 Å². The molecule has 0 saturated carbocycles. The van der Waals surface area contributed by atoms with Gasteiger partial charge in [-0.05, 0) is 12.3 Å². The Bertz CT molecular complexity index is 164. The summed E-state index contributed by atoms with van der Waals surface area (Å²) >= 11 is 0. The molecule has 0 aromatic rings. The van der Waals surface area contributed by atoms with Crippen molar-refractivity contribution in [3.63, 3.8) is 0 Å². The number of hydrogen-bond donors (Lipinski definition) is 2. The Labute approximate surface area is 73.5 Å². The molecule has 0 saturated heterocycles. The minimum Gasteiger partial charge on any atom is -0.478 e. The molecule has 12 heavy (non-hydrogen) atoms. The number of hydrogen-bond acceptors (Lipinski definition) is 2. The van der Waals surface area contributed by atoms with E-state index in [4.69, 9.17) is 5.11 Å². The Morgan fingerprint density at radius 3 is 2.50 bits per heavy atom. The number of carboxylic acid groups (broad SMARTS) is 1. The van der Waals surface area contributed by atoms with Gasteiger partial charge in [-0.3, -0.25) is 0 Å². The lowest BCUT2D eigenvalue weighted by molar-refractivity contribution is -0.131. The zero-order valence-corrected chi connectivity index (χ0v) is 7.87. The summed E-state index contributed by atoms with van der Waals surface area (Å²) in [5.41, 5.74) is 0. The fraction of sp³-hybridized carbons (Fsp3) is 0.667. The number of carboxylic acids is 1. The van der Waals surface area contributed by atoms with E-state index in [1.807, 2.05) is 0 Å². The van der Waals surface area contributed by atoms with Gasteiger partial charge >= 0.3 is 5.97 Å². The van der Waals surface area contributed by atoms with Gasteiger partial charge < -0.3 is 10.4 Å². The molecule has 0 spiro atoms. The molecular formula is C9H17NO2. The highest BCUT2D eigenvalue weighted by atomic mass is 16.4. The Morgan fingerprint density at radius 1 is 1.58 bits per heavy atom. The molecule has 1 atom stereocenters. The summed E-state index contributed by atoms with van der Waals surface area (Å²) in [4.78, 5) is 10.1. The summed E-state index contributed by atoms with van der Waals surface area (Å²) in [6.07, 6.45) is 3.61. The quantitative estimate of drug-likeness (QED) is 0.618. The first-order valence-corrected chi connectivity index (χ1v) is 4.23. The molecule has 0 aliphatic carbocycles. The second-order valence-electron chi connectivity index (χ2n) is 3.10. The monoisotopic (exact) mass is 171 g/mol. The smallest absolute Gasteiger partial charge is 0.329 e. The Kier molecular flexibility index (Phi) is 5.17. The lowest BCUT2D eigenvalue weighted by Gasteiger charge is -2.18. The molecule has 0 rings (SSSR count). The van der Waals surface area contributed by atoms with Gasteiger partial charge in [-0.15, -0.1) is 0 Å². The fourth-order valence-corrected chi connectivity index (χ4v) is 1.02. The van der Waals surface area contributed by atoms with E-state index in [9.17, 15) is 4.79 Å². The van der Waals surface area contributed by atoms with E-state index in [1.54, 1.807) is 0 Å². The van der Waals surface area contributed by atoms with E-state index >= 15 is 0 Å². The largest absolute Gasteiger partial charge is 0.478 e. The Balaban J connectivity index is 3.80. The van der Waals surface area contributed by atoms with Crippen LogP contribution >= 0.6 is 0 Å². The van der Waals surface area contributed by atoms with E-state index in [0.717, 1.165) is 12.5 Å². The van der Waals surface area contributed by atoms with Crippen molar-refractivity contribution in [3.05, 3.63) is 12.3 Å². The van der Waals surface area contributed by atoms with Crippen LogP contribution in [0.15, 0.2) is 12.3 Å². The predicted molar refractivity (Wildman–Crippen MR) is 48.8 cm³/mol. The van der Waals surface area contributed by atoms with Crippen molar-refractivity contribution in [2.45, 2.75) is 33.2 Å². The second-order valence-corrected chi connectivity index (χ2v) is 3.10. The molecule has 0 aromatic carbocycles. The van der Waals surface area contributed by atoms with E-state index < -0.39 is 5.97 Å². The number of aliphatic carboxylic acids is 1.